The monoisotopic (exact) mass is 239 g/mol. The summed E-state index contributed by atoms with van der Waals surface area (Å²) in [5.41, 5.74) is 0. The van der Waals surface area contributed by atoms with Crippen LogP contribution in [0, 0.1) is 5.92 Å². The second kappa shape index (κ2) is 6.36. The fraction of sp³-hybridized carbons (Fsp3) is 0.923. The molecule has 4 nitrogen and oxygen atoms in total. The third kappa shape index (κ3) is 3.42. The zero-order valence-electron chi connectivity index (χ0n) is 10.9. The second-order valence-electron chi connectivity index (χ2n) is 5.21. The fourth-order valence-corrected chi connectivity index (χ4v) is 2.98. The normalized spacial score (nSPS) is 30.4. The van der Waals surface area contributed by atoms with Crippen LogP contribution < -0.4 is 10.6 Å². The van der Waals surface area contributed by atoms with Crippen molar-refractivity contribution in [1.82, 2.24) is 15.5 Å². The molecule has 0 aliphatic carbocycles. The first-order chi connectivity index (χ1) is 8.31. The van der Waals surface area contributed by atoms with E-state index in [1.807, 2.05) is 0 Å². The van der Waals surface area contributed by atoms with Gasteiger partial charge in [0.2, 0.25) is 5.91 Å². The fourth-order valence-electron chi connectivity index (χ4n) is 2.98. The van der Waals surface area contributed by atoms with Gasteiger partial charge in [-0.3, -0.25) is 9.69 Å². The van der Waals surface area contributed by atoms with Crippen molar-refractivity contribution in [3.63, 3.8) is 0 Å². The Balaban J connectivity index is 1.71. The van der Waals surface area contributed by atoms with Crippen LogP contribution in [0.3, 0.4) is 0 Å². The smallest absolute Gasteiger partial charge is 0.224 e. The maximum atomic E-state index is 12.0. The predicted molar refractivity (Wildman–Crippen MR) is 68.9 cm³/mol. The molecule has 2 heterocycles. The number of nitrogens with zero attached hydrogens (tertiary/aromatic N) is 1. The molecule has 0 radical (unpaired) electrons. The van der Waals surface area contributed by atoms with Crippen molar-refractivity contribution in [1.29, 1.82) is 0 Å². The molecule has 2 aliphatic rings. The second-order valence-corrected chi connectivity index (χ2v) is 5.21. The molecule has 17 heavy (non-hydrogen) atoms. The van der Waals surface area contributed by atoms with Crippen LogP contribution >= 0.6 is 0 Å². The number of hydrogen-bond acceptors (Lipinski definition) is 3. The summed E-state index contributed by atoms with van der Waals surface area (Å²) in [6.45, 7) is 7.26. The van der Waals surface area contributed by atoms with Crippen molar-refractivity contribution in [3.05, 3.63) is 0 Å². The lowest BCUT2D eigenvalue weighted by Gasteiger charge is -2.26. The lowest BCUT2D eigenvalue weighted by atomic mass is 9.99. The first kappa shape index (κ1) is 12.8. The molecule has 2 N–H and O–H groups in total. The molecule has 1 amide bonds. The molecule has 0 aromatic rings. The number of hydrogen-bond donors (Lipinski definition) is 2. The highest BCUT2D eigenvalue weighted by Gasteiger charge is 2.25. The molecule has 2 atom stereocenters. The molecule has 0 aromatic carbocycles. The summed E-state index contributed by atoms with van der Waals surface area (Å²) >= 11 is 0. The van der Waals surface area contributed by atoms with E-state index in [1.165, 1.54) is 19.4 Å². The first-order valence-electron chi connectivity index (χ1n) is 7.03. The van der Waals surface area contributed by atoms with Crippen molar-refractivity contribution < 1.29 is 4.79 Å². The average molecular weight is 239 g/mol. The first-order valence-corrected chi connectivity index (χ1v) is 7.03. The summed E-state index contributed by atoms with van der Waals surface area (Å²) in [7, 11) is 0. The van der Waals surface area contributed by atoms with E-state index in [0.717, 1.165) is 39.0 Å². The molecule has 0 saturated carbocycles. The summed E-state index contributed by atoms with van der Waals surface area (Å²) in [6, 6.07) is 0.570. The highest BCUT2D eigenvalue weighted by atomic mass is 16.1. The largest absolute Gasteiger partial charge is 0.354 e. The van der Waals surface area contributed by atoms with E-state index in [0.29, 0.717) is 6.04 Å². The van der Waals surface area contributed by atoms with Gasteiger partial charge in [0.05, 0.1) is 5.92 Å². The highest BCUT2D eigenvalue weighted by Crippen LogP contribution is 2.16. The van der Waals surface area contributed by atoms with Gasteiger partial charge < -0.3 is 10.6 Å². The van der Waals surface area contributed by atoms with Gasteiger partial charge in [-0.05, 0) is 45.3 Å². The summed E-state index contributed by atoms with van der Waals surface area (Å²) < 4.78 is 0. The molecule has 0 aromatic heterocycles. The van der Waals surface area contributed by atoms with Gasteiger partial charge in [-0.1, -0.05) is 6.92 Å². The Morgan fingerprint density at radius 1 is 1.41 bits per heavy atom. The number of likely N-dealkylation sites (N-methyl/N-ethyl adjacent to an activating group) is 1. The molecular formula is C13H25N3O. The standard InChI is InChI=1S/C13H25N3O/c1-2-16-8-4-6-12(16)10-15-13(17)11-5-3-7-14-9-11/h11-12,14H,2-10H2,1H3,(H,15,17). The molecule has 2 saturated heterocycles. The number of piperidine rings is 1. The summed E-state index contributed by atoms with van der Waals surface area (Å²) in [5, 5.41) is 6.43. The van der Waals surface area contributed by atoms with Crippen molar-refractivity contribution in [2.45, 2.75) is 38.6 Å². The summed E-state index contributed by atoms with van der Waals surface area (Å²) in [6.07, 6.45) is 4.68. The molecular weight excluding hydrogens is 214 g/mol. The minimum Gasteiger partial charge on any atom is -0.354 e. The third-order valence-corrected chi connectivity index (χ3v) is 4.08. The van der Waals surface area contributed by atoms with Crippen LogP contribution in [0.5, 0.6) is 0 Å². The van der Waals surface area contributed by atoms with E-state index in [9.17, 15) is 4.79 Å². The highest BCUT2D eigenvalue weighted by molar-refractivity contribution is 5.79. The third-order valence-electron chi connectivity index (χ3n) is 4.08. The lowest BCUT2D eigenvalue weighted by molar-refractivity contribution is -0.125. The van der Waals surface area contributed by atoms with Crippen LogP contribution in [0.4, 0.5) is 0 Å². The van der Waals surface area contributed by atoms with E-state index < -0.39 is 0 Å². The topological polar surface area (TPSA) is 44.4 Å². The Bertz CT molecular complexity index is 251. The summed E-state index contributed by atoms with van der Waals surface area (Å²) in [4.78, 5) is 14.5. The number of carbonyl (C=O) groups is 1. The Morgan fingerprint density at radius 2 is 2.29 bits per heavy atom. The van der Waals surface area contributed by atoms with Crippen molar-refractivity contribution in [2.24, 2.45) is 5.92 Å². The van der Waals surface area contributed by atoms with E-state index in [2.05, 4.69) is 22.5 Å². The Hall–Kier alpha value is -0.610. The van der Waals surface area contributed by atoms with Gasteiger partial charge in [-0.25, -0.2) is 0 Å². The Kier molecular flexibility index (Phi) is 4.80. The van der Waals surface area contributed by atoms with Crippen molar-refractivity contribution in [2.75, 3.05) is 32.7 Å². The minimum atomic E-state index is 0.195. The van der Waals surface area contributed by atoms with Crippen LogP contribution in [-0.4, -0.2) is 49.6 Å². The average Bonchev–Trinajstić information content (AvgIpc) is 2.84. The van der Waals surface area contributed by atoms with Crippen LogP contribution in [-0.2, 0) is 4.79 Å². The predicted octanol–water partition coefficient (Wildman–Crippen LogP) is 0.587. The molecule has 98 valence electrons. The van der Waals surface area contributed by atoms with E-state index >= 15 is 0 Å². The van der Waals surface area contributed by atoms with Crippen LogP contribution in [0.25, 0.3) is 0 Å². The van der Waals surface area contributed by atoms with E-state index in [-0.39, 0.29) is 11.8 Å². The van der Waals surface area contributed by atoms with Gasteiger partial charge in [-0.2, -0.15) is 0 Å². The Labute approximate surface area is 104 Å². The van der Waals surface area contributed by atoms with Gasteiger partial charge in [0.1, 0.15) is 0 Å². The van der Waals surface area contributed by atoms with Crippen LogP contribution in [0.15, 0.2) is 0 Å². The molecule has 0 spiro atoms. The number of rotatable bonds is 4. The number of carbonyl (C=O) groups excluding carboxylic acids is 1. The van der Waals surface area contributed by atoms with Gasteiger partial charge in [0.15, 0.2) is 0 Å². The van der Waals surface area contributed by atoms with E-state index in [1.54, 1.807) is 0 Å². The molecule has 0 bridgehead atoms. The van der Waals surface area contributed by atoms with E-state index in [4.69, 9.17) is 0 Å². The molecule has 2 aliphatic heterocycles. The van der Waals surface area contributed by atoms with Crippen molar-refractivity contribution >= 4 is 5.91 Å². The van der Waals surface area contributed by atoms with Crippen LogP contribution in [0.2, 0.25) is 0 Å². The van der Waals surface area contributed by atoms with Crippen LogP contribution in [0.1, 0.15) is 32.6 Å². The maximum Gasteiger partial charge on any atom is 0.224 e. The number of amides is 1. The van der Waals surface area contributed by atoms with Gasteiger partial charge in [0, 0.05) is 19.1 Å². The zero-order chi connectivity index (χ0) is 12.1. The molecule has 2 fully saturated rings. The maximum absolute atomic E-state index is 12.0. The molecule has 4 heteroatoms. The molecule has 2 unspecified atom stereocenters. The molecule has 2 rings (SSSR count). The summed E-state index contributed by atoms with van der Waals surface area (Å²) in [5.74, 6) is 0.445. The SMILES string of the molecule is CCN1CCCC1CNC(=O)C1CCCNC1. The zero-order valence-corrected chi connectivity index (χ0v) is 10.9. The van der Waals surface area contributed by atoms with Gasteiger partial charge >= 0.3 is 0 Å². The minimum absolute atomic E-state index is 0.195. The van der Waals surface area contributed by atoms with Gasteiger partial charge in [0.25, 0.3) is 0 Å². The lowest BCUT2D eigenvalue weighted by Crippen LogP contribution is -2.45. The quantitative estimate of drug-likeness (QED) is 0.754. The number of nitrogens with one attached hydrogen (secondary N) is 2. The Morgan fingerprint density at radius 3 is 3.00 bits per heavy atom. The van der Waals surface area contributed by atoms with Gasteiger partial charge in [-0.15, -0.1) is 0 Å². The van der Waals surface area contributed by atoms with Crippen molar-refractivity contribution in [3.8, 4) is 0 Å². The number of likely N-dealkylation sites (tertiary alicyclic amines) is 1.